The number of esters is 1. The van der Waals surface area contributed by atoms with E-state index in [2.05, 4.69) is 10.2 Å². The number of methoxy groups -OCH3 is 1. The molecule has 3 rings (SSSR count). The third-order valence-corrected chi connectivity index (χ3v) is 3.93. The van der Waals surface area contributed by atoms with Crippen molar-refractivity contribution in [3.8, 4) is 0 Å². The van der Waals surface area contributed by atoms with E-state index in [0.29, 0.717) is 22.2 Å². The van der Waals surface area contributed by atoms with Crippen LogP contribution in [0.4, 0.5) is 0 Å². The molecule has 0 N–H and O–H groups in total. The second-order valence-electron chi connectivity index (χ2n) is 4.88. The average Bonchev–Trinajstić information content (AvgIpc) is 2.76. The lowest BCUT2D eigenvalue weighted by Gasteiger charge is -2.24. The number of hydrogen-bond donors (Lipinski definition) is 0. The quantitative estimate of drug-likeness (QED) is 0.810. The van der Waals surface area contributed by atoms with Gasteiger partial charge in [0.1, 0.15) is 5.82 Å². The number of aromatic nitrogens is 3. The van der Waals surface area contributed by atoms with E-state index in [9.17, 15) is 4.79 Å². The van der Waals surface area contributed by atoms with Gasteiger partial charge in [-0.1, -0.05) is 30.9 Å². The summed E-state index contributed by atoms with van der Waals surface area (Å²) in [5, 5.41) is 8.68. The Hall–Kier alpha value is -1.62. The van der Waals surface area contributed by atoms with Gasteiger partial charge in [0.2, 0.25) is 0 Å². The number of hydrogen-bond acceptors (Lipinski definition) is 4. The standard InChI is InChI=1S/C13H14ClN3O2/c1-19-13(18)9-6-10(14)12-16-15-11(17(12)7-9)5-8-3-2-4-8/h6-8H,2-5H2,1H3. The third-order valence-electron chi connectivity index (χ3n) is 3.65. The molecule has 5 nitrogen and oxygen atoms in total. The molecule has 0 aliphatic heterocycles. The molecule has 0 bridgehead atoms. The van der Waals surface area contributed by atoms with Crippen molar-refractivity contribution in [2.45, 2.75) is 25.7 Å². The average molecular weight is 280 g/mol. The molecule has 2 heterocycles. The lowest BCUT2D eigenvalue weighted by atomic mass is 9.83. The van der Waals surface area contributed by atoms with E-state index in [0.717, 1.165) is 12.2 Å². The van der Waals surface area contributed by atoms with E-state index in [1.165, 1.54) is 26.4 Å². The number of carbonyl (C=O) groups excluding carboxylic acids is 1. The van der Waals surface area contributed by atoms with Crippen molar-refractivity contribution in [2.24, 2.45) is 5.92 Å². The fraction of sp³-hybridized carbons (Fsp3) is 0.462. The third kappa shape index (κ3) is 2.18. The zero-order chi connectivity index (χ0) is 13.4. The lowest BCUT2D eigenvalue weighted by molar-refractivity contribution is 0.0600. The number of nitrogens with zero attached hydrogens (tertiary/aromatic N) is 3. The summed E-state index contributed by atoms with van der Waals surface area (Å²) >= 11 is 6.13. The monoisotopic (exact) mass is 279 g/mol. The van der Waals surface area contributed by atoms with Gasteiger partial charge in [0, 0.05) is 12.6 Å². The molecule has 0 radical (unpaired) electrons. The molecule has 0 aromatic carbocycles. The van der Waals surface area contributed by atoms with Gasteiger partial charge in [-0.05, 0) is 12.0 Å². The molecule has 0 atom stereocenters. The summed E-state index contributed by atoms with van der Waals surface area (Å²) in [4.78, 5) is 11.6. The minimum absolute atomic E-state index is 0.410. The fourth-order valence-electron chi connectivity index (χ4n) is 2.32. The summed E-state index contributed by atoms with van der Waals surface area (Å²) in [6.07, 6.45) is 6.33. The minimum atomic E-state index is -0.410. The number of halogens is 1. The van der Waals surface area contributed by atoms with E-state index in [-0.39, 0.29) is 0 Å². The minimum Gasteiger partial charge on any atom is -0.465 e. The molecule has 100 valence electrons. The van der Waals surface area contributed by atoms with Crippen LogP contribution in [0.1, 0.15) is 35.4 Å². The zero-order valence-electron chi connectivity index (χ0n) is 10.6. The van der Waals surface area contributed by atoms with Crippen LogP contribution in [0.2, 0.25) is 5.02 Å². The van der Waals surface area contributed by atoms with Gasteiger partial charge >= 0.3 is 5.97 Å². The van der Waals surface area contributed by atoms with Gasteiger partial charge in [0.15, 0.2) is 5.65 Å². The van der Waals surface area contributed by atoms with Crippen LogP contribution < -0.4 is 0 Å². The van der Waals surface area contributed by atoms with Crippen molar-refractivity contribution in [1.29, 1.82) is 0 Å². The summed E-state index contributed by atoms with van der Waals surface area (Å²) in [6.45, 7) is 0. The maximum absolute atomic E-state index is 11.6. The van der Waals surface area contributed by atoms with E-state index in [1.807, 2.05) is 0 Å². The zero-order valence-corrected chi connectivity index (χ0v) is 11.4. The maximum Gasteiger partial charge on any atom is 0.339 e. The Morgan fingerprint density at radius 3 is 2.95 bits per heavy atom. The molecular weight excluding hydrogens is 266 g/mol. The van der Waals surface area contributed by atoms with Crippen molar-refractivity contribution in [2.75, 3.05) is 7.11 Å². The van der Waals surface area contributed by atoms with Crippen LogP contribution in [-0.4, -0.2) is 27.7 Å². The predicted molar refractivity (Wildman–Crippen MR) is 70.4 cm³/mol. The van der Waals surface area contributed by atoms with Crippen LogP contribution in [0.25, 0.3) is 5.65 Å². The highest BCUT2D eigenvalue weighted by Crippen LogP contribution is 2.30. The van der Waals surface area contributed by atoms with E-state index < -0.39 is 5.97 Å². The van der Waals surface area contributed by atoms with Crippen LogP contribution in [-0.2, 0) is 11.2 Å². The first-order valence-corrected chi connectivity index (χ1v) is 6.68. The number of fused-ring (bicyclic) bond motifs is 1. The first-order valence-electron chi connectivity index (χ1n) is 6.30. The molecule has 0 unspecified atom stereocenters. The number of rotatable bonds is 3. The molecule has 2 aromatic heterocycles. The molecular formula is C13H14ClN3O2. The van der Waals surface area contributed by atoms with Crippen LogP contribution in [0.5, 0.6) is 0 Å². The second kappa shape index (κ2) is 4.81. The summed E-state index contributed by atoms with van der Waals surface area (Å²) in [6, 6.07) is 1.56. The molecule has 0 saturated heterocycles. The molecule has 0 amide bonds. The highest BCUT2D eigenvalue weighted by atomic mass is 35.5. The van der Waals surface area contributed by atoms with Crippen LogP contribution >= 0.6 is 11.6 Å². The van der Waals surface area contributed by atoms with Gasteiger partial charge in [-0.25, -0.2) is 4.79 Å². The second-order valence-corrected chi connectivity index (χ2v) is 5.29. The van der Waals surface area contributed by atoms with Crippen molar-refractivity contribution < 1.29 is 9.53 Å². The van der Waals surface area contributed by atoms with Crippen molar-refractivity contribution in [3.63, 3.8) is 0 Å². The summed E-state index contributed by atoms with van der Waals surface area (Å²) in [5.41, 5.74) is 0.998. The molecule has 6 heteroatoms. The first-order chi connectivity index (χ1) is 9.19. The Kier molecular flexibility index (Phi) is 3.14. The molecule has 1 saturated carbocycles. The smallest absolute Gasteiger partial charge is 0.339 e. The summed E-state index contributed by atoms with van der Waals surface area (Å²) in [5.74, 6) is 1.12. The summed E-state index contributed by atoms with van der Waals surface area (Å²) < 4.78 is 6.52. The normalized spacial score (nSPS) is 15.5. The van der Waals surface area contributed by atoms with Crippen molar-refractivity contribution in [3.05, 3.63) is 28.7 Å². The van der Waals surface area contributed by atoms with Crippen LogP contribution in [0, 0.1) is 5.92 Å². The fourth-order valence-corrected chi connectivity index (χ4v) is 2.57. The largest absolute Gasteiger partial charge is 0.465 e. The summed E-state index contributed by atoms with van der Waals surface area (Å²) in [7, 11) is 1.35. The molecule has 1 aliphatic rings. The lowest BCUT2D eigenvalue weighted by Crippen LogP contribution is -2.15. The van der Waals surface area contributed by atoms with Gasteiger partial charge in [-0.3, -0.25) is 4.40 Å². The van der Waals surface area contributed by atoms with Crippen molar-refractivity contribution in [1.82, 2.24) is 14.6 Å². The van der Waals surface area contributed by atoms with Gasteiger partial charge in [0.25, 0.3) is 0 Å². The maximum atomic E-state index is 11.6. The Bertz CT molecular complexity index is 634. The van der Waals surface area contributed by atoms with Crippen molar-refractivity contribution >= 4 is 23.2 Å². The van der Waals surface area contributed by atoms with E-state index >= 15 is 0 Å². The number of pyridine rings is 1. The molecule has 2 aromatic rings. The number of carbonyl (C=O) groups is 1. The highest BCUT2D eigenvalue weighted by Gasteiger charge is 2.21. The first kappa shape index (κ1) is 12.4. The van der Waals surface area contributed by atoms with E-state index in [4.69, 9.17) is 16.3 Å². The Morgan fingerprint density at radius 1 is 1.53 bits per heavy atom. The van der Waals surface area contributed by atoms with Crippen LogP contribution in [0.15, 0.2) is 12.3 Å². The van der Waals surface area contributed by atoms with Gasteiger partial charge in [-0.15, -0.1) is 10.2 Å². The number of ether oxygens (including phenoxy) is 1. The van der Waals surface area contributed by atoms with E-state index in [1.54, 1.807) is 16.7 Å². The highest BCUT2D eigenvalue weighted by molar-refractivity contribution is 6.33. The van der Waals surface area contributed by atoms with Gasteiger partial charge < -0.3 is 4.74 Å². The molecule has 0 spiro atoms. The Labute approximate surface area is 115 Å². The van der Waals surface area contributed by atoms with Gasteiger partial charge in [0.05, 0.1) is 17.7 Å². The molecule has 19 heavy (non-hydrogen) atoms. The predicted octanol–water partition coefficient (Wildman–Crippen LogP) is 2.51. The van der Waals surface area contributed by atoms with Crippen LogP contribution in [0.3, 0.4) is 0 Å². The Morgan fingerprint density at radius 2 is 2.32 bits per heavy atom. The van der Waals surface area contributed by atoms with Gasteiger partial charge in [-0.2, -0.15) is 0 Å². The molecule has 1 fully saturated rings. The Balaban J connectivity index is 2.03. The SMILES string of the molecule is COC(=O)c1cc(Cl)c2nnc(CC3CCC3)n2c1. The topological polar surface area (TPSA) is 56.5 Å². The molecule has 1 aliphatic carbocycles.